The van der Waals surface area contributed by atoms with Gasteiger partial charge in [-0.3, -0.25) is 9.59 Å². The molecule has 0 unspecified atom stereocenters. The fourth-order valence-corrected chi connectivity index (χ4v) is 5.13. The van der Waals surface area contributed by atoms with Crippen molar-refractivity contribution in [1.29, 1.82) is 0 Å². The molecule has 10 heteroatoms. The Morgan fingerprint density at radius 2 is 2.03 bits per heavy atom. The summed E-state index contributed by atoms with van der Waals surface area (Å²) in [5.41, 5.74) is 2.16. The summed E-state index contributed by atoms with van der Waals surface area (Å²) in [6.45, 7) is 5.42. The third-order valence-electron chi connectivity index (χ3n) is 5.53. The quantitative estimate of drug-likeness (QED) is 0.496. The van der Waals surface area contributed by atoms with E-state index in [9.17, 15) is 9.59 Å². The number of thiophene rings is 1. The van der Waals surface area contributed by atoms with Crippen LogP contribution in [-0.2, 0) is 26.0 Å². The van der Waals surface area contributed by atoms with E-state index in [2.05, 4.69) is 26.2 Å². The number of aryl methyl sites for hydroxylation is 2. The van der Waals surface area contributed by atoms with E-state index in [4.69, 9.17) is 4.74 Å². The molecule has 3 aromatic rings. The average Bonchev–Trinajstić information content (AvgIpc) is 3.45. The van der Waals surface area contributed by atoms with Gasteiger partial charge >= 0.3 is 0 Å². The topological polar surface area (TPSA) is 111 Å². The van der Waals surface area contributed by atoms with Crippen LogP contribution in [0.1, 0.15) is 70.1 Å². The predicted octanol–water partition coefficient (Wildman–Crippen LogP) is 3.60. The summed E-state index contributed by atoms with van der Waals surface area (Å²) in [7, 11) is 0. The highest BCUT2D eigenvalue weighted by Gasteiger charge is 2.26. The van der Waals surface area contributed by atoms with Gasteiger partial charge in [-0.15, -0.1) is 16.4 Å². The highest BCUT2D eigenvalue weighted by molar-refractivity contribution is 7.17. The van der Waals surface area contributed by atoms with E-state index in [1.165, 1.54) is 16.2 Å². The molecule has 0 saturated heterocycles. The molecule has 174 valence electrons. The van der Waals surface area contributed by atoms with Crippen LogP contribution in [0.3, 0.4) is 0 Å². The fourth-order valence-electron chi connectivity index (χ4n) is 3.84. The van der Waals surface area contributed by atoms with Crippen LogP contribution in [0.25, 0.3) is 0 Å². The summed E-state index contributed by atoms with van der Waals surface area (Å²) in [5.74, 6) is 0.762. The van der Waals surface area contributed by atoms with Gasteiger partial charge in [0.1, 0.15) is 17.4 Å². The Hall–Kier alpha value is -3.27. The number of hydrogen-bond acceptors (Lipinski definition) is 7. The van der Waals surface area contributed by atoms with Gasteiger partial charge in [-0.25, -0.2) is 4.68 Å². The number of fused-ring (bicyclic) bond motifs is 1. The Labute approximate surface area is 196 Å². The SMILES string of the molecule is CCCNC(=O)c1c(NC(=O)c2cccc(OCc3nnnn3CC)c2)sc2c1CCCC2. The molecule has 4 rings (SSSR count). The zero-order valence-corrected chi connectivity index (χ0v) is 19.7. The number of carbonyl (C=O) groups excluding carboxylic acids is 2. The number of anilines is 1. The molecule has 2 N–H and O–H groups in total. The Kier molecular flexibility index (Phi) is 7.33. The van der Waals surface area contributed by atoms with Gasteiger partial charge in [-0.2, -0.15) is 0 Å². The first-order valence-electron chi connectivity index (χ1n) is 11.3. The number of nitrogens with one attached hydrogen (secondary N) is 2. The summed E-state index contributed by atoms with van der Waals surface area (Å²) < 4.78 is 7.45. The number of benzene rings is 1. The molecule has 0 atom stereocenters. The van der Waals surface area contributed by atoms with Crippen LogP contribution in [0.4, 0.5) is 5.00 Å². The van der Waals surface area contributed by atoms with Crippen LogP contribution in [0.15, 0.2) is 24.3 Å². The number of aromatic nitrogens is 4. The summed E-state index contributed by atoms with van der Waals surface area (Å²) in [6, 6.07) is 6.95. The van der Waals surface area contributed by atoms with Crippen LogP contribution in [0.5, 0.6) is 5.75 Å². The molecule has 9 nitrogen and oxygen atoms in total. The van der Waals surface area contributed by atoms with Gasteiger partial charge in [0, 0.05) is 23.5 Å². The van der Waals surface area contributed by atoms with Crippen LogP contribution in [0, 0.1) is 0 Å². The molecule has 1 aliphatic carbocycles. The smallest absolute Gasteiger partial charge is 0.256 e. The lowest BCUT2D eigenvalue weighted by molar-refractivity contribution is 0.0954. The standard InChI is InChI=1S/C23H28N6O3S/c1-3-12-24-22(31)20-17-10-5-6-11-18(17)33-23(20)25-21(30)15-8-7-9-16(13-15)32-14-19-26-27-28-29(19)4-2/h7-9,13H,3-6,10-12,14H2,1-2H3,(H,24,31)(H,25,30). The zero-order valence-electron chi connectivity index (χ0n) is 18.9. The molecule has 2 heterocycles. The van der Waals surface area contributed by atoms with Crippen LogP contribution < -0.4 is 15.4 Å². The Balaban J connectivity index is 1.51. The van der Waals surface area contributed by atoms with Crippen molar-refractivity contribution in [2.24, 2.45) is 0 Å². The molecule has 0 bridgehead atoms. The van der Waals surface area contributed by atoms with Crippen molar-refractivity contribution in [3.05, 3.63) is 51.7 Å². The van der Waals surface area contributed by atoms with Gasteiger partial charge in [-0.05, 0) is 73.2 Å². The van der Waals surface area contributed by atoms with E-state index in [1.54, 1.807) is 28.9 Å². The van der Waals surface area contributed by atoms with Crippen molar-refractivity contribution in [2.75, 3.05) is 11.9 Å². The van der Waals surface area contributed by atoms with E-state index in [-0.39, 0.29) is 18.4 Å². The number of rotatable bonds is 9. The molecular weight excluding hydrogens is 440 g/mol. The van der Waals surface area contributed by atoms with Crippen molar-refractivity contribution in [3.63, 3.8) is 0 Å². The molecule has 0 aliphatic heterocycles. The van der Waals surface area contributed by atoms with E-state index in [1.807, 2.05) is 13.8 Å². The van der Waals surface area contributed by atoms with Crippen LogP contribution >= 0.6 is 11.3 Å². The predicted molar refractivity (Wildman–Crippen MR) is 126 cm³/mol. The lowest BCUT2D eigenvalue weighted by atomic mass is 9.95. The minimum Gasteiger partial charge on any atom is -0.486 e. The highest BCUT2D eigenvalue weighted by Crippen LogP contribution is 2.38. The van der Waals surface area contributed by atoms with Gasteiger partial charge in [0.25, 0.3) is 11.8 Å². The summed E-state index contributed by atoms with van der Waals surface area (Å²) in [5, 5.41) is 18.1. The number of tetrazole rings is 1. The summed E-state index contributed by atoms with van der Waals surface area (Å²) in [6.07, 6.45) is 4.85. The maximum Gasteiger partial charge on any atom is 0.256 e. The number of nitrogens with zero attached hydrogens (tertiary/aromatic N) is 4. The largest absolute Gasteiger partial charge is 0.486 e. The van der Waals surface area contributed by atoms with Crippen molar-refractivity contribution in [1.82, 2.24) is 25.5 Å². The molecule has 1 aliphatic rings. The minimum atomic E-state index is -0.276. The van der Waals surface area contributed by atoms with Crippen LogP contribution in [0.2, 0.25) is 0 Å². The third kappa shape index (κ3) is 5.22. The van der Waals surface area contributed by atoms with E-state index < -0.39 is 0 Å². The van der Waals surface area contributed by atoms with Gasteiger partial charge in [0.15, 0.2) is 5.82 Å². The normalized spacial score (nSPS) is 12.8. The lowest BCUT2D eigenvalue weighted by Gasteiger charge is -2.13. The zero-order chi connectivity index (χ0) is 23.2. The van der Waals surface area contributed by atoms with Gasteiger partial charge < -0.3 is 15.4 Å². The molecule has 2 amide bonds. The van der Waals surface area contributed by atoms with Crippen molar-refractivity contribution >= 4 is 28.2 Å². The van der Waals surface area contributed by atoms with E-state index >= 15 is 0 Å². The van der Waals surface area contributed by atoms with E-state index in [0.717, 1.165) is 37.7 Å². The Bertz CT molecular complexity index is 1140. The number of ether oxygens (including phenoxy) is 1. The van der Waals surface area contributed by atoms with Gasteiger partial charge in [0.05, 0.1) is 5.56 Å². The molecule has 1 aromatic carbocycles. The molecule has 2 aromatic heterocycles. The Morgan fingerprint density at radius 1 is 1.18 bits per heavy atom. The lowest BCUT2D eigenvalue weighted by Crippen LogP contribution is -2.26. The van der Waals surface area contributed by atoms with Gasteiger partial charge in [0.2, 0.25) is 0 Å². The number of carbonyl (C=O) groups is 2. The maximum atomic E-state index is 13.1. The van der Waals surface area contributed by atoms with E-state index in [0.29, 0.717) is 40.8 Å². The van der Waals surface area contributed by atoms with Crippen molar-refractivity contribution in [3.8, 4) is 5.75 Å². The summed E-state index contributed by atoms with van der Waals surface area (Å²) >= 11 is 1.51. The molecule has 0 saturated carbocycles. The fraction of sp³-hybridized carbons (Fsp3) is 0.435. The minimum absolute atomic E-state index is 0.114. The third-order valence-corrected chi connectivity index (χ3v) is 6.74. The molecule has 0 radical (unpaired) electrons. The first kappa shape index (κ1) is 22.9. The number of hydrogen-bond donors (Lipinski definition) is 2. The summed E-state index contributed by atoms with van der Waals surface area (Å²) in [4.78, 5) is 27.2. The number of amides is 2. The maximum absolute atomic E-state index is 13.1. The molecule has 33 heavy (non-hydrogen) atoms. The second-order valence-corrected chi connectivity index (χ2v) is 8.96. The second-order valence-electron chi connectivity index (χ2n) is 7.85. The monoisotopic (exact) mass is 468 g/mol. The van der Waals surface area contributed by atoms with Gasteiger partial charge in [-0.1, -0.05) is 13.0 Å². The molecule has 0 fully saturated rings. The van der Waals surface area contributed by atoms with Crippen LogP contribution in [-0.4, -0.2) is 38.6 Å². The van der Waals surface area contributed by atoms with Crippen molar-refractivity contribution in [2.45, 2.75) is 59.1 Å². The molecular formula is C23H28N6O3S. The first-order chi connectivity index (χ1) is 16.1. The average molecular weight is 469 g/mol. The Morgan fingerprint density at radius 3 is 2.85 bits per heavy atom. The first-order valence-corrected chi connectivity index (χ1v) is 12.1. The molecule has 0 spiro atoms. The second kappa shape index (κ2) is 10.6. The highest BCUT2D eigenvalue weighted by atomic mass is 32.1. The van der Waals surface area contributed by atoms with Crippen molar-refractivity contribution < 1.29 is 14.3 Å².